The van der Waals surface area contributed by atoms with Crippen LogP contribution in [0.15, 0.2) is 65.8 Å². The Bertz CT molecular complexity index is 1250. The Morgan fingerprint density at radius 3 is 2.21 bits per heavy atom. The van der Waals surface area contributed by atoms with E-state index in [4.69, 9.17) is 11.6 Å². The first-order chi connectivity index (χ1) is 15.5. The number of hydrogen-bond acceptors (Lipinski definition) is 6. The van der Waals surface area contributed by atoms with Crippen LogP contribution in [0.3, 0.4) is 0 Å². The molecular formula is C24H24ClN3O4S. The average Bonchev–Trinajstić information content (AvgIpc) is 2.79. The Kier molecular flexibility index (Phi) is 7.29. The molecule has 0 fully saturated rings. The lowest BCUT2D eigenvalue weighted by atomic mass is 9.79. The van der Waals surface area contributed by atoms with Crippen LogP contribution in [0, 0.1) is 0 Å². The maximum atomic E-state index is 13.0. The number of hydrogen-bond donors (Lipinski definition) is 1. The Morgan fingerprint density at radius 2 is 1.67 bits per heavy atom. The molecule has 2 heterocycles. The van der Waals surface area contributed by atoms with Crippen LogP contribution in [-0.4, -0.2) is 35.8 Å². The highest BCUT2D eigenvalue weighted by atomic mass is 35.5. The number of carbonyl (C=O) groups is 2. The smallest absolute Gasteiger partial charge is 0.230 e. The van der Waals surface area contributed by atoms with Crippen LogP contribution in [0.4, 0.5) is 5.69 Å². The second kappa shape index (κ2) is 9.80. The van der Waals surface area contributed by atoms with Crippen LogP contribution in [0.1, 0.15) is 42.5 Å². The van der Waals surface area contributed by atoms with Crippen molar-refractivity contribution in [3.8, 4) is 0 Å². The number of amides is 1. The Balaban J connectivity index is 1.65. The van der Waals surface area contributed by atoms with Crippen molar-refractivity contribution in [1.29, 1.82) is 0 Å². The molecule has 7 nitrogen and oxygen atoms in total. The molecule has 0 radical (unpaired) electrons. The van der Waals surface area contributed by atoms with Crippen molar-refractivity contribution in [2.24, 2.45) is 0 Å². The SMILES string of the molecule is CCS(=O)(=O)c1ccc(CC(=O)Nc2ccc(C(=O)C(C)(C)c3ccc(Cl)cc3)nc2)nc1. The highest BCUT2D eigenvalue weighted by Crippen LogP contribution is 2.28. The molecule has 9 heteroatoms. The number of benzene rings is 1. The molecular weight excluding hydrogens is 462 g/mol. The van der Waals surface area contributed by atoms with Gasteiger partial charge in [-0.25, -0.2) is 8.42 Å². The molecule has 0 spiro atoms. The molecule has 0 unspecified atom stereocenters. The fourth-order valence-electron chi connectivity index (χ4n) is 3.16. The summed E-state index contributed by atoms with van der Waals surface area (Å²) < 4.78 is 23.7. The first kappa shape index (κ1) is 24.5. The fraction of sp³-hybridized carbons (Fsp3) is 0.250. The zero-order chi connectivity index (χ0) is 24.2. The van der Waals surface area contributed by atoms with E-state index in [2.05, 4.69) is 15.3 Å². The minimum atomic E-state index is -3.34. The van der Waals surface area contributed by atoms with Crippen molar-refractivity contribution >= 4 is 38.8 Å². The van der Waals surface area contributed by atoms with Gasteiger partial charge in [0.2, 0.25) is 5.91 Å². The molecule has 0 saturated heterocycles. The Morgan fingerprint density at radius 1 is 0.970 bits per heavy atom. The molecule has 0 aliphatic heterocycles. The van der Waals surface area contributed by atoms with Gasteiger partial charge in [0.05, 0.1) is 34.4 Å². The highest BCUT2D eigenvalue weighted by Gasteiger charge is 2.31. The van der Waals surface area contributed by atoms with Gasteiger partial charge >= 0.3 is 0 Å². The summed E-state index contributed by atoms with van der Waals surface area (Å²) in [6, 6.07) is 13.2. The summed E-state index contributed by atoms with van der Waals surface area (Å²) in [6.45, 7) is 5.20. The maximum Gasteiger partial charge on any atom is 0.230 e. The minimum absolute atomic E-state index is 0.0170. The summed E-state index contributed by atoms with van der Waals surface area (Å²) >= 11 is 5.94. The number of aromatic nitrogens is 2. The number of anilines is 1. The summed E-state index contributed by atoms with van der Waals surface area (Å²) in [4.78, 5) is 33.8. The number of Topliss-reactive ketones (excluding diaryl/α,β-unsaturated/α-hetero) is 1. The number of sulfone groups is 1. The normalized spacial score (nSPS) is 11.8. The lowest BCUT2D eigenvalue weighted by Gasteiger charge is -2.23. The van der Waals surface area contributed by atoms with Crippen molar-refractivity contribution in [3.05, 3.63) is 82.9 Å². The van der Waals surface area contributed by atoms with Gasteiger partial charge in [-0.3, -0.25) is 19.6 Å². The molecule has 172 valence electrons. The van der Waals surface area contributed by atoms with Crippen LogP contribution in [-0.2, 0) is 26.5 Å². The second-order valence-electron chi connectivity index (χ2n) is 8.01. The van der Waals surface area contributed by atoms with Crippen LogP contribution in [0.2, 0.25) is 5.02 Å². The summed E-state index contributed by atoms with van der Waals surface area (Å²) in [7, 11) is -3.34. The lowest BCUT2D eigenvalue weighted by Crippen LogP contribution is -2.29. The van der Waals surface area contributed by atoms with Gasteiger partial charge in [0.25, 0.3) is 0 Å². The van der Waals surface area contributed by atoms with E-state index in [-0.39, 0.29) is 34.5 Å². The number of ketones is 1. The van der Waals surface area contributed by atoms with Gasteiger partial charge < -0.3 is 5.32 Å². The third-order valence-corrected chi connectivity index (χ3v) is 7.26. The van der Waals surface area contributed by atoms with Gasteiger partial charge in [0.15, 0.2) is 15.6 Å². The van der Waals surface area contributed by atoms with E-state index in [1.165, 1.54) is 24.5 Å². The predicted molar refractivity (Wildman–Crippen MR) is 127 cm³/mol. The molecule has 2 aromatic heterocycles. The van der Waals surface area contributed by atoms with Crippen molar-refractivity contribution in [1.82, 2.24) is 9.97 Å². The van der Waals surface area contributed by atoms with Gasteiger partial charge in [-0.1, -0.05) is 30.7 Å². The van der Waals surface area contributed by atoms with Gasteiger partial charge in [0.1, 0.15) is 5.69 Å². The van der Waals surface area contributed by atoms with Gasteiger partial charge in [-0.05, 0) is 55.8 Å². The lowest BCUT2D eigenvalue weighted by molar-refractivity contribution is -0.115. The van der Waals surface area contributed by atoms with Crippen LogP contribution < -0.4 is 5.32 Å². The number of halogens is 1. The summed E-state index contributed by atoms with van der Waals surface area (Å²) in [5.74, 6) is -0.512. The predicted octanol–water partition coefficient (Wildman–Crippen LogP) is 4.27. The average molecular weight is 486 g/mol. The van der Waals surface area contributed by atoms with E-state index in [1.807, 2.05) is 26.0 Å². The number of carbonyl (C=O) groups excluding carboxylic acids is 2. The Labute approximate surface area is 198 Å². The number of pyridine rings is 2. The van der Waals surface area contributed by atoms with Crippen molar-refractivity contribution in [3.63, 3.8) is 0 Å². The Hall–Kier alpha value is -3.10. The third-order valence-electron chi connectivity index (χ3n) is 5.29. The van der Waals surface area contributed by atoms with Crippen LogP contribution in [0.25, 0.3) is 0 Å². The zero-order valence-electron chi connectivity index (χ0n) is 18.5. The number of rotatable bonds is 8. The highest BCUT2D eigenvalue weighted by molar-refractivity contribution is 7.91. The van der Waals surface area contributed by atoms with E-state index < -0.39 is 15.3 Å². The molecule has 0 aliphatic carbocycles. The molecule has 0 aliphatic rings. The minimum Gasteiger partial charge on any atom is -0.324 e. The maximum absolute atomic E-state index is 13.0. The van der Waals surface area contributed by atoms with Crippen molar-refractivity contribution in [2.75, 3.05) is 11.1 Å². The molecule has 0 bridgehead atoms. The standard InChI is InChI=1S/C24H24ClN3O4S/c1-4-33(31,32)20-11-9-18(26-15-20)13-22(29)28-19-10-12-21(27-14-19)23(30)24(2,3)16-5-7-17(25)8-6-16/h5-12,14-15H,4,13H2,1-3H3,(H,28,29). The van der Waals surface area contributed by atoms with E-state index in [1.54, 1.807) is 31.2 Å². The van der Waals surface area contributed by atoms with E-state index >= 15 is 0 Å². The summed E-state index contributed by atoms with van der Waals surface area (Å²) in [6.07, 6.45) is 2.65. The molecule has 3 aromatic rings. The van der Waals surface area contributed by atoms with Gasteiger partial charge in [-0.2, -0.15) is 0 Å². The molecule has 0 atom stereocenters. The monoisotopic (exact) mass is 485 g/mol. The first-order valence-corrected chi connectivity index (χ1v) is 12.3. The summed E-state index contributed by atoms with van der Waals surface area (Å²) in [5.41, 5.74) is 1.17. The molecule has 3 rings (SSSR count). The first-order valence-electron chi connectivity index (χ1n) is 10.3. The largest absolute Gasteiger partial charge is 0.324 e. The third kappa shape index (κ3) is 5.83. The van der Waals surface area contributed by atoms with E-state index in [0.29, 0.717) is 16.4 Å². The van der Waals surface area contributed by atoms with Gasteiger partial charge in [-0.15, -0.1) is 0 Å². The molecule has 1 aromatic carbocycles. The zero-order valence-corrected chi connectivity index (χ0v) is 20.1. The fourth-order valence-corrected chi connectivity index (χ4v) is 4.10. The van der Waals surface area contributed by atoms with Crippen LogP contribution >= 0.6 is 11.6 Å². The molecule has 1 N–H and O–H groups in total. The van der Waals surface area contributed by atoms with E-state index in [9.17, 15) is 18.0 Å². The van der Waals surface area contributed by atoms with Gasteiger partial charge in [0, 0.05) is 16.9 Å². The van der Waals surface area contributed by atoms with Crippen molar-refractivity contribution in [2.45, 2.75) is 37.5 Å². The molecule has 1 amide bonds. The molecule has 33 heavy (non-hydrogen) atoms. The summed E-state index contributed by atoms with van der Waals surface area (Å²) in [5, 5.41) is 3.30. The van der Waals surface area contributed by atoms with E-state index in [0.717, 1.165) is 5.56 Å². The van der Waals surface area contributed by atoms with Crippen molar-refractivity contribution < 1.29 is 18.0 Å². The molecule has 0 saturated carbocycles. The second-order valence-corrected chi connectivity index (χ2v) is 10.7. The quantitative estimate of drug-likeness (QED) is 0.478. The number of nitrogens with zero attached hydrogens (tertiary/aromatic N) is 2. The topological polar surface area (TPSA) is 106 Å². The van der Waals surface area contributed by atoms with Crippen LogP contribution in [0.5, 0.6) is 0 Å². The number of nitrogens with one attached hydrogen (secondary N) is 1.